The van der Waals surface area contributed by atoms with Crippen LogP contribution in [0.1, 0.15) is 31.9 Å². The van der Waals surface area contributed by atoms with Gasteiger partial charge in [0.05, 0.1) is 0 Å². The third kappa shape index (κ3) is 2.10. The lowest BCUT2D eigenvalue weighted by Crippen LogP contribution is -2.38. The number of hydrogen-bond acceptors (Lipinski definition) is 3. The highest BCUT2D eigenvalue weighted by Gasteiger charge is 2.29. The van der Waals surface area contributed by atoms with Gasteiger partial charge in [0.25, 0.3) is 5.91 Å². The van der Waals surface area contributed by atoms with Crippen molar-refractivity contribution in [2.45, 2.75) is 26.4 Å². The first-order valence-corrected chi connectivity index (χ1v) is 6.94. The van der Waals surface area contributed by atoms with Gasteiger partial charge >= 0.3 is 0 Å². The number of aliphatic hydroxyl groups excluding tert-OH is 1. The molecule has 1 aromatic rings. The van der Waals surface area contributed by atoms with E-state index in [-0.39, 0.29) is 5.91 Å². The lowest BCUT2D eigenvalue weighted by Gasteiger charge is -2.37. The second kappa shape index (κ2) is 4.53. The topological polar surface area (TPSA) is 52.6 Å². The summed E-state index contributed by atoms with van der Waals surface area (Å²) in [5.74, 6) is 1.13. The minimum absolute atomic E-state index is 0.326. The molecule has 4 heteroatoms. The van der Waals surface area contributed by atoms with Gasteiger partial charge in [0, 0.05) is 30.0 Å². The monoisotopic (exact) mass is 260 g/mol. The number of aliphatic hydroxyl groups is 1. The highest BCUT2D eigenvalue weighted by Crippen LogP contribution is 2.35. The summed E-state index contributed by atoms with van der Waals surface area (Å²) in [6.07, 6.45) is 0.192. The molecule has 1 amide bonds. The summed E-state index contributed by atoms with van der Waals surface area (Å²) in [5, 5.41) is 12.4. The van der Waals surface area contributed by atoms with Gasteiger partial charge < -0.3 is 15.3 Å². The Kier molecular flexibility index (Phi) is 2.97. The first kappa shape index (κ1) is 12.5. The standard InChI is InChI=1S/C15H20N2O2/c1-9-5-6-17(8-10(9)2)11-3-4-12-13(7-11)16-15(19)14(12)18/h3-4,7,9-10,14,18H,5-6,8H2,1-2H3,(H,16,19). The van der Waals surface area contributed by atoms with E-state index < -0.39 is 6.10 Å². The van der Waals surface area contributed by atoms with Crippen LogP contribution in [-0.2, 0) is 4.79 Å². The third-order valence-electron chi connectivity index (χ3n) is 4.54. The smallest absolute Gasteiger partial charge is 0.257 e. The average Bonchev–Trinajstić information content (AvgIpc) is 2.68. The Morgan fingerprint density at radius 2 is 2.11 bits per heavy atom. The van der Waals surface area contributed by atoms with Crippen molar-refractivity contribution >= 4 is 17.3 Å². The van der Waals surface area contributed by atoms with Crippen molar-refractivity contribution in [3.63, 3.8) is 0 Å². The molecule has 2 N–H and O–H groups in total. The zero-order valence-corrected chi connectivity index (χ0v) is 11.4. The number of benzene rings is 1. The van der Waals surface area contributed by atoms with Gasteiger partial charge in [-0.15, -0.1) is 0 Å². The molecule has 3 unspecified atom stereocenters. The van der Waals surface area contributed by atoms with Crippen LogP contribution in [0, 0.1) is 11.8 Å². The molecule has 0 spiro atoms. The van der Waals surface area contributed by atoms with E-state index in [0.29, 0.717) is 11.5 Å². The maximum Gasteiger partial charge on any atom is 0.257 e. The van der Waals surface area contributed by atoms with Crippen LogP contribution >= 0.6 is 0 Å². The fourth-order valence-corrected chi connectivity index (χ4v) is 2.93. The molecule has 4 nitrogen and oxygen atoms in total. The molecule has 2 aliphatic rings. The molecule has 3 atom stereocenters. The number of piperidine rings is 1. The second-order valence-corrected chi connectivity index (χ2v) is 5.85. The molecule has 1 saturated heterocycles. The van der Waals surface area contributed by atoms with Crippen LogP contribution in [-0.4, -0.2) is 24.1 Å². The zero-order valence-electron chi connectivity index (χ0n) is 11.4. The van der Waals surface area contributed by atoms with Crippen LogP contribution in [0.4, 0.5) is 11.4 Å². The van der Waals surface area contributed by atoms with Gasteiger partial charge in [-0.05, 0) is 30.4 Å². The number of nitrogens with one attached hydrogen (secondary N) is 1. The zero-order chi connectivity index (χ0) is 13.6. The molecule has 102 valence electrons. The van der Waals surface area contributed by atoms with E-state index in [1.165, 1.54) is 6.42 Å². The second-order valence-electron chi connectivity index (χ2n) is 5.85. The Balaban J connectivity index is 1.84. The Morgan fingerprint density at radius 3 is 2.84 bits per heavy atom. The molecular formula is C15H20N2O2. The predicted molar refractivity (Wildman–Crippen MR) is 75.2 cm³/mol. The first-order valence-electron chi connectivity index (χ1n) is 6.94. The predicted octanol–water partition coefficient (Wildman–Crippen LogP) is 2.15. The van der Waals surface area contributed by atoms with Crippen LogP contribution in [0.2, 0.25) is 0 Å². The summed E-state index contributed by atoms with van der Waals surface area (Å²) in [6.45, 7) is 6.70. The Morgan fingerprint density at radius 1 is 1.32 bits per heavy atom. The Labute approximate surface area is 113 Å². The lowest BCUT2D eigenvalue weighted by atomic mass is 9.88. The van der Waals surface area contributed by atoms with Gasteiger partial charge in [0.2, 0.25) is 0 Å². The summed E-state index contributed by atoms with van der Waals surface area (Å²) < 4.78 is 0. The summed E-state index contributed by atoms with van der Waals surface area (Å²) in [7, 11) is 0. The molecule has 2 aliphatic heterocycles. The maximum atomic E-state index is 11.4. The van der Waals surface area contributed by atoms with Crippen molar-refractivity contribution in [2.24, 2.45) is 11.8 Å². The molecule has 0 saturated carbocycles. The summed E-state index contributed by atoms with van der Waals surface area (Å²) in [4.78, 5) is 13.8. The number of anilines is 2. The Hall–Kier alpha value is -1.55. The highest BCUT2D eigenvalue weighted by atomic mass is 16.3. The molecule has 0 aromatic heterocycles. The SMILES string of the molecule is CC1CCN(c2ccc3c(c2)NC(=O)C3O)CC1C. The van der Waals surface area contributed by atoms with Gasteiger partial charge in [-0.2, -0.15) is 0 Å². The minimum Gasteiger partial charge on any atom is -0.378 e. The minimum atomic E-state index is -1.01. The molecule has 1 fully saturated rings. The van der Waals surface area contributed by atoms with Crippen LogP contribution in [0.5, 0.6) is 0 Å². The number of rotatable bonds is 1. The highest BCUT2D eigenvalue weighted by molar-refractivity contribution is 6.02. The molecule has 19 heavy (non-hydrogen) atoms. The maximum absolute atomic E-state index is 11.4. The number of fused-ring (bicyclic) bond motifs is 1. The number of amides is 1. The largest absolute Gasteiger partial charge is 0.378 e. The van der Waals surface area contributed by atoms with E-state index in [1.807, 2.05) is 18.2 Å². The average molecular weight is 260 g/mol. The Bertz CT molecular complexity index is 515. The number of carbonyl (C=O) groups excluding carboxylic acids is 1. The molecular weight excluding hydrogens is 240 g/mol. The van der Waals surface area contributed by atoms with Gasteiger partial charge in [-0.25, -0.2) is 0 Å². The molecule has 0 aliphatic carbocycles. The van der Waals surface area contributed by atoms with E-state index in [0.717, 1.165) is 30.4 Å². The van der Waals surface area contributed by atoms with Crippen molar-refractivity contribution in [1.82, 2.24) is 0 Å². The first-order chi connectivity index (χ1) is 9.06. The van der Waals surface area contributed by atoms with Crippen molar-refractivity contribution in [1.29, 1.82) is 0 Å². The summed E-state index contributed by atoms with van der Waals surface area (Å²) >= 11 is 0. The third-order valence-corrected chi connectivity index (χ3v) is 4.54. The number of carbonyl (C=O) groups is 1. The molecule has 0 radical (unpaired) electrons. The van der Waals surface area contributed by atoms with E-state index in [2.05, 4.69) is 24.1 Å². The number of hydrogen-bond donors (Lipinski definition) is 2. The van der Waals surface area contributed by atoms with Gasteiger partial charge in [-0.1, -0.05) is 19.9 Å². The van der Waals surface area contributed by atoms with Gasteiger partial charge in [0.1, 0.15) is 0 Å². The van der Waals surface area contributed by atoms with E-state index in [4.69, 9.17) is 0 Å². The molecule has 0 bridgehead atoms. The van der Waals surface area contributed by atoms with E-state index >= 15 is 0 Å². The molecule has 2 heterocycles. The van der Waals surface area contributed by atoms with E-state index in [1.54, 1.807) is 0 Å². The summed E-state index contributed by atoms with van der Waals surface area (Å²) in [6, 6.07) is 5.84. The van der Waals surface area contributed by atoms with Gasteiger partial charge in [-0.3, -0.25) is 4.79 Å². The summed E-state index contributed by atoms with van der Waals surface area (Å²) in [5.41, 5.74) is 2.57. The van der Waals surface area contributed by atoms with Crippen molar-refractivity contribution in [2.75, 3.05) is 23.3 Å². The van der Waals surface area contributed by atoms with Crippen molar-refractivity contribution < 1.29 is 9.90 Å². The molecule has 3 rings (SSSR count). The lowest BCUT2D eigenvalue weighted by molar-refractivity contribution is -0.123. The van der Waals surface area contributed by atoms with E-state index in [9.17, 15) is 9.90 Å². The van der Waals surface area contributed by atoms with Crippen LogP contribution in [0.3, 0.4) is 0 Å². The normalized spacial score (nSPS) is 30.2. The quantitative estimate of drug-likeness (QED) is 0.813. The number of nitrogens with zero attached hydrogens (tertiary/aromatic N) is 1. The van der Waals surface area contributed by atoms with Crippen LogP contribution in [0.25, 0.3) is 0 Å². The fourth-order valence-electron chi connectivity index (χ4n) is 2.93. The van der Waals surface area contributed by atoms with Crippen molar-refractivity contribution in [3.8, 4) is 0 Å². The molecule has 1 aromatic carbocycles. The fraction of sp³-hybridized carbons (Fsp3) is 0.533. The van der Waals surface area contributed by atoms with Crippen molar-refractivity contribution in [3.05, 3.63) is 23.8 Å². The van der Waals surface area contributed by atoms with Gasteiger partial charge in [0.15, 0.2) is 6.10 Å². The van der Waals surface area contributed by atoms with Crippen LogP contribution < -0.4 is 10.2 Å². The van der Waals surface area contributed by atoms with Crippen LogP contribution in [0.15, 0.2) is 18.2 Å².